The van der Waals surface area contributed by atoms with Crippen LogP contribution in [0, 0.1) is 18.8 Å². The van der Waals surface area contributed by atoms with Crippen molar-refractivity contribution in [2.45, 2.75) is 19.9 Å². The van der Waals surface area contributed by atoms with Crippen molar-refractivity contribution in [3.05, 3.63) is 47.8 Å². The highest BCUT2D eigenvalue weighted by molar-refractivity contribution is 5.79. The molecule has 4 rings (SSSR count). The summed E-state index contributed by atoms with van der Waals surface area (Å²) in [7, 11) is 3.25. The largest absolute Gasteiger partial charge is 0.493 e. The van der Waals surface area contributed by atoms with Crippen molar-refractivity contribution in [1.29, 1.82) is 0 Å². The third-order valence-corrected chi connectivity index (χ3v) is 6.83. The predicted molar refractivity (Wildman–Crippen MR) is 139 cm³/mol. The Labute approximate surface area is 218 Å². The minimum atomic E-state index is -0.175. The van der Waals surface area contributed by atoms with Gasteiger partial charge < -0.3 is 29.7 Å². The first-order valence-electron chi connectivity index (χ1n) is 12.7. The van der Waals surface area contributed by atoms with Crippen LogP contribution in [0.3, 0.4) is 0 Å². The number of amides is 3. The molecular formula is C27H37N5O5. The molecule has 10 heteroatoms. The standard InChI is InChI=1S/C27H37N5O5/c1-19-4-6-23(14-30-19)37-18-21-12-22(26(33)28-8-10-32-11-9-29-27(32)34)17-31(16-21)15-20-5-7-24(35-2)25(13-20)36-3/h4-7,13-14,21-22H,8-12,15-18H2,1-3H3,(H,28,33)(H,29,34)/t21-,22+/m0/s1. The van der Waals surface area contributed by atoms with E-state index in [0.29, 0.717) is 57.4 Å². The molecule has 2 N–H and O–H groups in total. The van der Waals surface area contributed by atoms with Gasteiger partial charge in [0.25, 0.3) is 0 Å². The van der Waals surface area contributed by atoms with Gasteiger partial charge in [-0.1, -0.05) is 6.07 Å². The zero-order valence-corrected chi connectivity index (χ0v) is 21.9. The van der Waals surface area contributed by atoms with Gasteiger partial charge in [-0.25, -0.2) is 4.79 Å². The van der Waals surface area contributed by atoms with Gasteiger partial charge in [0.15, 0.2) is 11.5 Å². The number of benzene rings is 1. The predicted octanol–water partition coefficient (Wildman–Crippen LogP) is 2.07. The van der Waals surface area contributed by atoms with Crippen molar-refractivity contribution in [2.24, 2.45) is 11.8 Å². The lowest BCUT2D eigenvalue weighted by molar-refractivity contribution is -0.127. The third-order valence-electron chi connectivity index (χ3n) is 6.83. The molecule has 1 aromatic carbocycles. The molecule has 0 aliphatic carbocycles. The first-order valence-corrected chi connectivity index (χ1v) is 12.7. The highest BCUT2D eigenvalue weighted by Gasteiger charge is 2.32. The average molecular weight is 512 g/mol. The Balaban J connectivity index is 1.39. The molecule has 2 fully saturated rings. The van der Waals surface area contributed by atoms with E-state index in [1.165, 1.54) is 0 Å². The molecule has 2 aliphatic heterocycles. The molecule has 0 radical (unpaired) electrons. The lowest BCUT2D eigenvalue weighted by Crippen LogP contribution is -2.48. The highest BCUT2D eigenvalue weighted by Crippen LogP contribution is 2.30. The monoisotopic (exact) mass is 511 g/mol. The van der Waals surface area contributed by atoms with Gasteiger partial charge in [0.2, 0.25) is 5.91 Å². The topological polar surface area (TPSA) is 105 Å². The number of carbonyl (C=O) groups is 2. The molecule has 0 bridgehead atoms. The van der Waals surface area contributed by atoms with E-state index in [2.05, 4.69) is 20.5 Å². The van der Waals surface area contributed by atoms with E-state index in [1.807, 2.05) is 37.3 Å². The van der Waals surface area contributed by atoms with E-state index < -0.39 is 0 Å². The maximum atomic E-state index is 13.1. The van der Waals surface area contributed by atoms with E-state index in [9.17, 15) is 9.59 Å². The van der Waals surface area contributed by atoms with Gasteiger partial charge in [0, 0.05) is 57.4 Å². The van der Waals surface area contributed by atoms with E-state index in [4.69, 9.17) is 14.2 Å². The van der Waals surface area contributed by atoms with Crippen molar-refractivity contribution >= 4 is 11.9 Å². The Hall–Kier alpha value is -3.53. The van der Waals surface area contributed by atoms with Crippen molar-refractivity contribution in [3.63, 3.8) is 0 Å². The Morgan fingerprint density at radius 1 is 1.16 bits per heavy atom. The summed E-state index contributed by atoms with van der Waals surface area (Å²) in [6.45, 7) is 6.85. The normalized spacial score (nSPS) is 19.9. The Morgan fingerprint density at radius 2 is 2.00 bits per heavy atom. The molecule has 37 heavy (non-hydrogen) atoms. The van der Waals surface area contributed by atoms with Crippen LogP contribution in [-0.4, -0.2) is 86.8 Å². The summed E-state index contributed by atoms with van der Waals surface area (Å²) in [6.07, 6.45) is 2.47. The molecule has 10 nitrogen and oxygen atoms in total. The molecule has 2 aliphatic rings. The van der Waals surface area contributed by atoms with Gasteiger partial charge >= 0.3 is 6.03 Å². The number of pyridine rings is 1. The van der Waals surface area contributed by atoms with E-state index >= 15 is 0 Å². The number of nitrogens with zero attached hydrogens (tertiary/aromatic N) is 3. The Kier molecular flexibility index (Phi) is 9.05. The SMILES string of the molecule is COc1ccc(CN2C[C@@H](COc3ccc(C)nc3)C[C@@H](C(=O)NCCN3CCNC3=O)C2)cc1OC. The number of likely N-dealkylation sites (tertiary alicyclic amines) is 1. The number of aryl methyl sites for hydroxylation is 1. The molecule has 3 heterocycles. The summed E-state index contributed by atoms with van der Waals surface area (Å²) in [6, 6.07) is 9.68. The van der Waals surface area contributed by atoms with Gasteiger partial charge in [-0.15, -0.1) is 0 Å². The van der Waals surface area contributed by atoms with Crippen LogP contribution < -0.4 is 24.8 Å². The second-order valence-corrected chi connectivity index (χ2v) is 9.64. The molecular weight excluding hydrogens is 474 g/mol. The summed E-state index contributed by atoms with van der Waals surface area (Å²) in [5, 5.41) is 5.83. The zero-order valence-electron chi connectivity index (χ0n) is 21.9. The van der Waals surface area contributed by atoms with E-state index in [0.717, 1.165) is 30.0 Å². The molecule has 2 saturated heterocycles. The van der Waals surface area contributed by atoms with E-state index in [1.54, 1.807) is 25.3 Å². The molecule has 0 unspecified atom stereocenters. The number of rotatable bonds is 11. The number of ether oxygens (including phenoxy) is 3. The minimum Gasteiger partial charge on any atom is -0.493 e. The maximum absolute atomic E-state index is 13.1. The molecule has 0 saturated carbocycles. The molecule has 2 aromatic rings. The maximum Gasteiger partial charge on any atom is 0.317 e. The zero-order chi connectivity index (χ0) is 26.2. The van der Waals surface area contributed by atoms with Gasteiger partial charge in [0.05, 0.1) is 32.9 Å². The minimum absolute atomic E-state index is 0.0126. The summed E-state index contributed by atoms with van der Waals surface area (Å²) >= 11 is 0. The summed E-state index contributed by atoms with van der Waals surface area (Å²) in [4.78, 5) is 33.2. The Bertz CT molecular complexity index is 1060. The van der Waals surface area contributed by atoms with Crippen LogP contribution in [0.1, 0.15) is 17.7 Å². The lowest BCUT2D eigenvalue weighted by Gasteiger charge is -2.37. The summed E-state index contributed by atoms with van der Waals surface area (Å²) in [5.74, 6) is 2.11. The van der Waals surface area contributed by atoms with Gasteiger partial charge in [-0.2, -0.15) is 0 Å². The summed E-state index contributed by atoms with van der Waals surface area (Å²) < 4.78 is 16.9. The smallest absolute Gasteiger partial charge is 0.317 e. The number of piperidine rings is 1. The van der Waals surface area contributed by atoms with Crippen LogP contribution in [0.4, 0.5) is 4.79 Å². The van der Waals surface area contributed by atoms with Crippen molar-refractivity contribution in [3.8, 4) is 17.2 Å². The van der Waals surface area contributed by atoms with Gasteiger partial charge in [0.1, 0.15) is 5.75 Å². The molecule has 3 amide bonds. The van der Waals surface area contributed by atoms with Crippen LogP contribution in [0.15, 0.2) is 36.5 Å². The van der Waals surface area contributed by atoms with Gasteiger partial charge in [-0.05, 0) is 43.2 Å². The van der Waals surface area contributed by atoms with E-state index in [-0.39, 0.29) is 23.8 Å². The van der Waals surface area contributed by atoms with Crippen LogP contribution in [0.25, 0.3) is 0 Å². The lowest BCUT2D eigenvalue weighted by atomic mass is 9.88. The third kappa shape index (κ3) is 7.25. The second kappa shape index (κ2) is 12.6. The van der Waals surface area contributed by atoms with Crippen molar-refractivity contribution in [2.75, 3.05) is 60.1 Å². The number of hydrogen-bond donors (Lipinski definition) is 2. The fourth-order valence-electron chi connectivity index (χ4n) is 4.92. The fraction of sp³-hybridized carbons (Fsp3) is 0.519. The number of nitrogens with one attached hydrogen (secondary N) is 2. The van der Waals surface area contributed by atoms with Crippen LogP contribution in [0.2, 0.25) is 0 Å². The first kappa shape index (κ1) is 26.5. The highest BCUT2D eigenvalue weighted by atomic mass is 16.5. The van der Waals surface area contributed by atoms with Crippen LogP contribution in [-0.2, 0) is 11.3 Å². The van der Waals surface area contributed by atoms with Crippen LogP contribution in [0.5, 0.6) is 17.2 Å². The number of methoxy groups -OCH3 is 2. The average Bonchev–Trinajstić information content (AvgIpc) is 3.32. The van der Waals surface area contributed by atoms with Crippen molar-refractivity contribution < 1.29 is 23.8 Å². The fourth-order valence-corrected chi connectivity index (χ4v) is 4.92. The number of aromatic nitrogens is 1. The molecule has 200 valence electrons. The quantitative estimate of drug-likeness (QED) is 0.476. The number of urea groups is 1. The summed E-state index contributed by atoms with van der Waals surface area (Å²) in [5.41, 5.74) is 2.02. The Morgan fingerprint density at radius 3 is 2.70 bits per heavy atom. The van der Waals surface area contributed by atoms with Crippen molar-refractivity contribution in [1.82, 2.24) is 25.4 Å². The first-order chi connectivity index (χ1) is 17.9. The number of carbonyl (C=O) groups excluding carboxylic acids is 2. The second-order valence-electron chi connectivity index (χ2n) is 9.64. The molecule has 1 aromatic heterocycles. The number of hydrogen-bond acceptors (Lipinski definition) is 7. The van der Waals surface area contributed by atoms with Gasteiger partial charge in [-0.3, -0.25) is 14.7 Å². The van der Waals surface area contributed by atoms with Crippen LogP contribution >= 0.6 is 0 Å². The molecule has 0 spiro atoms. The molecule has 2 atom stereocenters.